The molecule has 0 aliphatic rings. The van der Waals surface area contributed by atoms with Gasteiger partial charge in [-0.3, -0.25) is 4.79 Å². The third kappa shape index (κ3) is 4.05. The van der Waals surface area contributed by atoms with E-state index in [0.29, 0.717) is 12.5 Å². The van der Waals surface area contributed by atoms with Crippen LogP contribution in [0.3, 0.4) is 0 Å². The number of thiophene rings is 1. The second-order valence-corrected chi connectivity index (χ2v) is 6.97. The molecule has 0 radical (unpaired) electrons. The van der Waals surface area contributed by atoms with Crippen molar-refractivity contribution in [2.75, 3.05) is 13.1 Å². The van der Waals surface area contributed by atoms with Gasteiger partial charge >= 0.3 is 0 Å². The maximum atomic E-state index is 11.8. The minimum absolute atomic E-state index is 0.0642. The van der Waals surface area contributed by atoms with Crippen molar-refractivity contribution in [3.8, 4) is 0 Å². The van der Waals surface area contributed by atoms with Gasteiger partial charge in [0.1, 0.15) is 0 Å². The predicted molar refractivity (Wildman–Crippen MR) is 90.8 cm³/mol. The van der Waals surface area contributed by atoms with Gasteiger partial charge in [0.2, 0.25) is 5.91 Å². The summed E-state index contributed by atoms with van der Waals surface area (Å²) in [5, 5.41) is 7.57. The van der Waals surface area contributed by atoms with Crippen LogP contribution in [0.4, 0.5) is 0 Å². The summed E-state index contributed by atoms with van der Waals surface area (Å²) in [6, 6.07) is 8.64. The molecule has 1 aromatic carbocycles. The van der Waals surface area contributed by atoms with E-state index in [0.717, 1.165) is 6.54 Å². The van der Waals surface area contributed by atoms with Gasteiger partial charge in [0.25, 0.3) is 0 Å². The smallest absolute Gasteiger partial charge is 0.233 e. The number of benzene rings is 1. The summed E-state index contributed by atoms with van der Waals surface area (Å²) in [6.07, 6.45) is 0. The number of carbonyl (C=O) groups excluding carboxylic acids is 1. The van der Waals surface area contributed by atoms with Crippen molar-refractivity contribution in [2.24, 2.45) is 5.92 Å². The normalized spacial score (nSPS) is 12.8. The summed E-state index contributed by atoms with van der Waals surface area (Å²) in [5.74, 6) is 0.547. The average Bonchev–Trinajstić information content (AvgIpc) is 2.80. The van der Waals surface area contributed by atoms with Crippen molar-refractivity contribution in [3.05, 3.63) is 34.7 Å². The van der Waals surface area contributed by atoms with Crippen molar-refractivity contribution in [3.63, 3.8) is 0 Å². The van der Waals surface area contributed by atoms with Gasteiger partial charge in [0.15, 0.2) is 0 Å². The Bertz CT molecular complexity index is 618. The Morgan fingerprint density at radius 3 is 2.62 bits per heavy atom. The number of fused-ring (bicyclic) bond motifs is 1. The minimum Gasteiger partial charge on any atom is -0.355 e. The molecular weight excluding hydrogens is 280 g/mol. The Balaban J connectivity index is 1.97. The molecule has 0 aliphatic heterocycles. The number of hydrogen-bond acceptors (Lipinski definition) is 3. The molecule has 4 heteroatoms. The highest BCUT2D eigenvalue weighted by Crippen LogP contribution is 2.34. The number of aryl methyl sites for hydroxylation is 1. The number of carbonyl (C=O) groups is 1. The molecule has 0 bridgehead atoms. The van der Waals surface area contributed by atoms with Gasteiger partial charge < -0.3 is 10.6 Å². The molecule has 2 N–H and O–H groups in total. The van der Waals surface area contributed by atoms with Gasteiger partial charge in [-0.2, -0.15) is 0 Å². The molecule has 2 rings (SSSR count). The molecule has 0 saturated heterocycles. The van der Waals surface area contributed by atoms with E-state index in [1.807, 2.05) is 11.3 Å². The third-order valence-corrected chi connectivity index (χ3v) is 5.01. The zero-order valence-electron chi connectivity index (χ0n) is 13.2. The average molecular weight is 304 g/mol. The van der Waals surface area contributed by atoms with E-state index in [1.54, 1.807) is 0 Å². The zero-order valence-corrected chi connectivity index (χ0v) is 14.0. The highest BCUT2D eigenvalue weighted by Gasteiger charge is 2.14. The number of rotatable bonds is 6. The van der Waals surface area contributed by atoms with Gasteiger partial charge in [-0.15, -0.1) is 11.3 Å². The molecule has 1 heterocycles. The Kier molecular flexibility index (Phi) is 5.37. The lowest BCUT2D eigenvalue weighted by molar-refractivity contribution is -0.120. The summed E-state index contributed by atoms with van der Waals surface area (Å²) in [4.78, 5) is 13.1. The lowest BCUT2D eigenvalue weighted by atomic mass is 10.1. The minimum atomic E-state index is 0.0642. The van der Waals surface area contributed by atoms with E-state index < -0.39 is 0 Å². The first-order valence-electron chi connectivity index (χ1n) is 7.47. The summed E-state index contributed by atoms with van der Waals surface area (Å²) in [5.41, 5.74) is 1.32. The number of hydrogen-bond donors (Lipinski definition) is 2. The molecule has 1 amide bonds. The van der Waals surface area contributed by atoms with Gasteiger partial charge in [-0.1, -0.05) is 32.0 Å². The van der Waals surface area contributed by atoms with Crippen LogP contribution < -0.4 is 10.6 Å². The first-order chi connectivity index (χ1) is 9.99. The third-order valence-electron chi connectivity index (χ3n) is 3.55. The Hall–Kier alpha value is -1.39. The molecular formula is C17H24N2OS. The monoisotopic (exact) mass is 304 g/mol. The van der Waals surface area contributed by atoms with E-state index in [-0.39, 0.29) is 11.9 Å². The Labute approximate surface area is 130 Å². The maximum absolute atomic E-state index is 11.8. The SMILES string of the molecule is Cc1c(C(C)NCC(=O)NCC(C)C)sc2ccccc12. The van der Waals surface area contributed by atoms with E-state index in [4.69, 9.17) is 0 Å². The van der Waals surface area contributed by atoms with E-state index in [1.165, 1.54) is 20.5 Å². The van der Waals surface area contributed by atoms with Crippen LogP contribution in [0.5, 0.6) is 0 Å². The summed E-state index contributed by atoms with van der Waals surface area (Å²) >= 11 is 1.81. The van der Waals surface area contributed by atoms with Crippen LogP contribution in [-0.4, -0.2) is 19.0 Å². The Morgan fingerprint density at radius 2 is 1.95 bits per heavy atom. The van der Waals surface area contributed by atoms with Crippen LogP contribution >= 0.6 is 11.3 Å². The molecule has 0 fully saturated rings. The second-order valence-electron chi connectivity index (χ2n) is 5.89. The first-order valence-corrected chi connectivity index (χ1v) is 8.28. The number of nitrogens with one attached hydrogen (secondary N) is 2. The van der Waals surface area contributed by atoms with Gasteiger partial charge in [0, 0.05) is 22.2 Å². The summed E-state index contributed by atoms with van der Waals surface area (Å²) in [7, 11) is 0. The maximum Gasteiger partial charge on any atom is 0.233 e. The molecule has 3 nitrogen and oxygen atoms in total. The number of amides is 1. The Morgan fingerprint density at radius 1 is 1.24 bits per heavy atom. The van der Waals surface area contributed by atoms with Crippen molar-refractivity contribution >= 4 is 27.3 Å². The quantitative estimate of drug-likeness (QED) is 0.855. The molecule has 2 aromatic rings. The van der Waals surface area contributed by atoms with Gasteiger partial charge in [-0.25, -0.2) is 0 Å². The highest BCUT2D eigenvalue weighted by atomic mass is 32.1. The molecule has 0 aliphatic carbocycles. The summed E-state index contributed by atoms with van der Waals surface area (Å²) < 4.78 is 1.31. The van der Waals surface area contributed by atoms with Crippen LogP contribution in [-0.2, 0) is 4.79 Å². The molecule has 1 atom stereocenters. The highest BCUT2D eigenvalue weighted by molar-refractivity contribution is 7.19. The lowest BCUT2D eigenvalue weighted by Gasteiger charge is -2.14. The van der Waals surface area contributed by atoms with E-state index in [9.17, 15) is 4.79 Å². The van der Waals surface area contributed by atoms with Crippen LogP contribution in [0, 0.1) is 12.8 Å². The van der Waals surface area contributed by atoms with Crippen LogP contribution in [0.2, 0.25) is 0 Å². The molecule has 1 aromatic heterocycles. The fourth-order valence-corrected chi connectivity index (χ4v) is 3.56. The second kappa shape index (κ2) is 7.05. The molecule has 0 spiro atoms. The summed E-state index contributed by atoms with van der Waals surface area (Å²) in [6.45, 7) is 9.56. The zero-order chi connectivity index (χ0) is 15.4. The molecule has 1 unspecified atom stereocenters. The largest absolute Gasteiger partial charge is 0.355 e. The van der Waals surface area contributed by atoms with Crippen LogP contribution in [0.1, 0.15) is 37.3 Å². The van der Waals surface area contributed by atoms with Gasteiger partial charge in [-0.05, 0) is 36.8 Å². The van der Waals surface area contributed by atoms with Crippen LogP contribution in [0.25, 0.3) is 10.1 Å². The van der Waals surface area contributed by atoms with E-state index >= 15 is 0 Å². The fraction of sp³-hybridized carbons (Fsp3) is 0.471. The van der Waals surface area contributed by atoms with Crippen LogP contribution in [0.15, 0.2) is 24.3 Å². The molecule has 21 heavy (non-hydrogen) atoms. The molecule has 0 saturated carbocycles. The van der Waals surface area contributed by atoms with E-state index in [2.05, 4.69) is 62.6 Å². The van der Waals surface area contributed by atoms with Gasteiger partial charge in [0.05, 0.1) is 6.54 Å². The fourth-order valence-electron chi connectivity index (χ4n) is 2.33. The van der Waals surface area contributed by atoms with Crippen molar-refractivity contribution in [1.29, 1.82) is 0 Å². The standard InChI is InChI=1S/C17H24N2OS/c1-11(2)9-19-16(20)10-18-13(4)17-12(3)14-7-5-6-8-15(14)21-17/h5-8,11,13,18H,9-10H2,1-4H3,(H,19,20). The van der Waals surface area contributed by atoms with Crippen molar-refractivity contribution in [1.82, 2.24) is 10.6 Å². The lowest BCUT2D eigenvalue weighted by Crippen LogP contribution is -2.36. The molecule has 114 valence electrons. The predicted octanol–water partition coefficient (Wildman–Crippen LogP) is 3.63. The van der Waals surface area contributed by atoms with Crippen molar-refractivity contribution in [2.45, 2.75) is 33.7 Å². The topological polar surface area (TPSA) is 41.1 Å². The first kappa shape index (κ1) is 16.0. The van der Waals surface area contributed by atoms with Crippen molar-refractivity contribution < 1.29 is 4.79 Å².